The molecule has 4 rings (SSSR count). The number of nitriles is 1. The minimum atomic E-state index is -0.697. The maximum atomic E-state index is 13.1. The minimum Gasteiger partial charge on any atom is -0.493 e. The zero-order valence-corrected chi connectivity index (χ0v) is 21.5. The van der Waals surface area contributed by atoms with E-state index in [4.69, 9.17) is 14.9 Å². The van der Waals surface area contributed by atoms with Crippen molar-refractivity contribution in [2.75, 3.05) is 7.11 Å². The van der Waals surface area contributed by atoms with Gasteiger partial charge in [-0.3, -0.25) is 10.2 Å². The fourth-order valence-electron chi connectivity index (χ4n) is 3.33. The van der Waals surface area contributed by atoms with Crippen molar-refractivity contribution < 1.29 is 14.3 Å². The molecule has 1 N–H and O–H groups in total. The highest BCUT2D eigenvalue weighted by Crippen LogP contribution is 2.43. The molecule has 0 radical (unpaired) electrons. The normalized spacial score (nSPS) is 16.6. The largest absolute Gasteiger partial charge is 0.493 e. The highest BCUT2D eigenvalue weighted by atomic mass is 79.9. The van der Waals surface area contributed by atoms with Crippen molar-refractivity contribution in [2.45, 2.75) is 25.9 Å². The van der Waals surface area contributed by atoms with Crippen LogP contribution < -0.4 is 9.47 Å². The van der Waals surface area contributed by atoms with Gasteiger partial charge >= 0.3 is 0 Å². The lowest BCUT2D eigenvalue weighted by atomic mass is 10.0. The van der Waals surface area contributed by atoms with Crippen molar-refractivity contribution in [3.8, 4) is 17.6 Å². The summed E-state index contributed by atoms with van der Waals surface area (Å²) in [6.07, 6.45) is 2.48. The minimum absolute atomic E-state index is 0.159. The van der Waals surface area contributed by atoms with Gasteiger partial charge in [-0.05, 0) is 36.3 Å². The monoisotopic (exact) mass is 554 g/mol. The van der Waals surface area contributed by atoms with Gasteiger partial charge in [-0.15, -0.1) is 21.5 Å². The van der Waals surface area contributed by atoms with Gasteiger partial charge in [0.2, 0.25) is 0 Å². The molecule has 1 fully saturated rings. The Labute approximate surface area is 213 Å². The molecule has 34 heavy (non-hydrogen) atoms. The number of ketones is 1. The second-order valence-electron chi connectivity index (χ2n) is 7.24. The van der Waals surface area contributed by atoms with Crippen molar-refractivity contribution in [1.82, 2.24) is 10.2 Å². The first kappa shape index (κ1) is 24.1. The van der Waals surface area contributed by atoms with Crippen LogP contribution in [0.2, 0.25) is 0 Å². The maximum Gasteiger partial charge on any atom is 0.186 e. The Balaban J connectivity index is 1.58. The third kappa shape index (κ3) is 4.92. The Morgan fingerprint density at radius 1 is 1.26 bits per heavy atom. The molecule has 172 valence electrons. The SMILES string of the molecule is CCc1nnc([C@@H]2C(=N)S/C(=C\c3cc(OC)c(OCc4ccccc4C#N)cc3Br)C2=O)s1. The second-order valence-corrected chi connectivity index (χ2v) is 10.3. The summed E-state index contributed by atoms with van der Waals surface area (Å²) in [4.78, 5) is 13.5. The Kier molecular flexibility index (Phi) is 7.46. The van der Waals surface area contributed by atoms with Crippen LogP contribution in [0.3, 0.4) is 0 Å². The molecule has 0 saturated carbocycles. The van der Waals surface area contributed by atoms with E-state index in [0.29, 0.717) is 31.4 Å². The summed E-state index contributed by atoms with van der Waals surface area (Å²) >= 11 is 6.06. The maximum absolute atomic E-state index is 13.1. The van der Waals surface area contributed by atoms with Gasteiger partial charge in [0.1, 0.15) is 22.5 Å². The average Bonchev–Trinajstić information content (AvgIpc) is 3.42. The smallest absolute Gasteiger partial charge is 0.186 e. The van der Waals surface area contributed by atoms with E-state index in [1.165, 1.54) is 18.4 Å². The number of thioether (sulfide) groups is 1. The molecule has 2 heterocycles. The molecule has 0 bridgehead atoms. The van der Waals surface area contributed by atoms with Crippen LogP contribution in [-0.4, -0.2) is 28.1 Å². The zero-order valence-electron chi connectivity index (χ0n) is 18.3. The Bertz CT molecular complexity index is 1350. The number of aryl methyl sites for hydroxylation is 1. The van der Waals surface area contributed by atoms with Crippen LogP contribution in [0.4, 0.5) is 0 Å². The summed E-state index contributed by atoms with van der Waals surface area (Å²) in [6, 6.07) is 12.9. The molecule has 10 heteroatoms. The van der Waals surface area contributed by atoms with Crippen LogP contribution >= 0.6 is 39.0 Å². The van der Waals surface area contributed by atoms with Crippen LogP contribution in [0, 0.1) is 16.7 Å². The Morgan fingerprint density at radius 2 is 2.06 bits per heavy atom. The molecule has 1 aromatic heterocycles. The van der Waals surface area contributed by atoms with Gasteiger partial charge in [0.15, 0.2) is 17.3 Å². The van der Waals surface area contributed by atoms with E-state index in [2.05, 4.69) is 32.2 Å². The quantitative estimate of drug-likeness (QED) is 0.371. The molecule has 0 spiro atoms. The topological polar surface area (TPSA) is 109 Å². The van der Waals surface area contributed by atoms with Crippen molar-refractivity contribution in [1.29, 1.82) is 10.7 Å². The van der Waals surface area contributed by atoms with Crippen molar-refractivity contribution in [3.63, 3.8) is 0 Å². The standard InChI is InChI=1S/C24H19BrN4O3S2/c1-3-20-28-29-24(34-20)21-22(30)19(33-23(21)27)9-15-8-17(31-2)18(10-16(15)25)32-12-14-7-5-4-6-13(14)11-26/h4-10,21,27H,3,12H2,1-2H3/b19-9-,27-23?/t21-/m0/s1. The zero-order chi connectivity index (χ0) is 24.2. The number of nitrogens with one attached hydrogen (secondary N) is 1. The molecular formula is C24H19BrN4O3S2. The number of allylic oxidation sites excluding steroid dienone is 1. The summed E-state index contributed by atoms with van der Waals surface area (Å²) in [5.41, 5.74) is 2.05. The van der Waals surface area contributed by atoms with Gasteiger partial charge in [0, 0.05) is 10.0 Å². The third-order valence-electron chi connectivity index (χ3n) is 5.11. The van der Waals surface area contributed by atoms with Crippen molar-refractivity contribution in [2.24, 2.45) is 0 Å². The molecule has 1 aliphatic heterocycles. The van der Waals surface area contributed by atoms with Gasteiger partial charge < -0.3 is 9.47 Å². The van der Waals surface area contributed by atoms with E-state index >= 15 is 0 Å². The number of carbonyl (C=O) groups is 1. The highest BCUT2D eigenvalue weighted by Gasteiger charge is 2.39. The first-order valence-corrected chi connectivity index (χ1v) is 12.7. The van der Waals surface area contributed by atoms with Crippen molar-refractivity contribution >= 4 is 55.9 Å². The van der Waals surface area contributed by atoms with Gasteiger partial charge in [-0.25, -0.2) is 0 Å². The van der Waals surface area contributed by atoms with Crippen LogP contribution in [-0.2, 0) is 17.8 Å². The summed E-state index contributed by atoms with van der Waals surface area (Å²) in [7, 11) is 1.54. The second kappa shape index (κ2) is 10.5. The number of Topliss-reactive ketones (excluding diaryl/α,β-unsaturated/α-hetero) is 1. The Hall–Kier alpha value is -3.00. The Morgan fingerprint density at radius 3 is 2.76 bits per heavy atom. The van der Waals surface area contributed by atoms with E-state index in [-0.39, 0.29) is 17.4 Å². The number of benzene rings is 2. The number of ether oxygens (including phenoxy) is 2. The van der Waals surface area contributed by atoms with E-state index in [1.807, 2.05) is 25.1 Å². The first-order valence-electron chi connectivity index (χ1n) is 10.3. The van der Waals surface area contributed by atoms with Crippen LogP contribution in [0.1, 0.15) is 39.5 Å². The van der Waals surface area contributed by atoms with Gasteiger partial charge in [-0.2, -0.15) is 5.26 Å². The number of hydrogen-bond donors (Lipinski definition) is 1. The number of hydrogen-bond acceptors (Lipinski definition) is 9. The average molecular weight is 555 g/mol. The molecule has 1 saturated heterocycles. The first-order chi connectivity index (χ1) is 16.4. The predicted octanol–water partition coefficient (Wildman–Crippen LogP) is 5.74. The molecule has 7 nitrogen and oxygen atoms in total. The molecule has 0 amide bonds. The number of nitrogens with zero attached hydrogens (tertiary/aromatic N) is 3. The van der Waals surface area contributed by atoms with Gasteiger partial charge in [0.05, 0.1) is 28.7 Å². The molecule has 2 aromatic carbocycles. The third-order valence-corrected chi connectivity index (χ3v) is 7.92. The van der Waals surface area contributed by atoms with Gasteiger partial charge in [0.25, 0.3) is 0 Å². The fourth-order valence-corrected chi connectivity index (χ4v) is 5.71. The lowest BCUT2D eigenvalue weighted by Gasteiger charge is -2.13. The van der Waals surface area contributed by atoms with Crippen LogP contribution in [0.5, 0.6) is 11.5 Å². The molecule has 3 aromatic rings. The highest BCUT2D eigenvalue weighted by molar-refractivity contribution is 9.10. The van der Waals surface area contributed by atoms with E-state index in [1.54, 1.807) is 24.3 Å². The summed E-state index contributed by atoms with van der Waals surface area (Å²) in [6.45, 7) is 2.19. The molecule has 0 unspecified atom stereocenters. The molecular weight excluding hydrogens is 536 g/mol. The van der Waals surface area contributed by atoms with E-state index in [0.717, 1.165) is 34.3 Å². The van der Waals surface area contributed by atoms with Gasteiger partial charge in [-0.1, -0.05) is 52.8 Å². The van der Waals surface area contributed by atoms with Crippen molar-refractivity contribution in [3.05, 3.63) is 72.5 Å². The number of aromatic nitrogens is 2. The van der Waals surface area contributed by atoms with E-state index in [9.17, 15) is 10.1 Å². The van der Waals surface area contributed by atoms with Crippen LogP contribution in [0.25, 0.3) is 6.08 Å². The lowest BCUT2D eigenvalue weighted by molar-refractivity contribution is -0.114. The fraction of sp³-hybridized carbons (Fsp3) is 0.208. The van der Waals surface area contributed by atoms with E-state index < -0.39 is 5.92 Å². The lowest BCUT2D eigenvalue weighted by Crippen LogP contribution is -2.11. The summed E-state index contributed by atoms with van der Waals surface area (Å²) in [5.74, 6) is 0.134. The molecule has 1 atom stereocenters. The number of rotatable bonds is 7. The molecule has 0 aliphatic carbocycles. The summed E-state index contributed by atoms with van der Waals surface area (Å²) in [5, 5.41) is 27.5. The summed E-state index contributed by atoms with van der Waals surface area (Å²) < 4.78 is 12.2. The molecule has 1 aliphatic rings. The predicted molar refractivity (Wildman–Crippen MR) is 137 cm³/mol. The van der Waals surface area contributed by atoms with Crippen LogP contribution in [0.15, 0.2) is 45.8 Å². The number of halogens is 1. The number of carbonyl (C=O) groups excluding carboxylic acids is 1. The number of methoxy groups -OCH3 is 1.